The molecule has 30 heavy (non-hydrogen) atoms. The molecule has 4 aliphatic rings. The summed E-state index contributed by atoms with van der Waals surface area (Å²) >= 11 is 0. The van der Waals surface area contributed by atoms with E-state index in [-0.39, 0.29) is 18.0 Å². The summed E-state index contributed by atoms with van der Waals surface area (Å²) in [4.78, 5) is 33.4. The normalized spacial score (nSPS) is 23.5. The maximum atomic E-state index is 12.9. The van der Waals surface area contributed by atoms with Gasteiger partial charge < -0.3 is 19.4 Å². The van der Waals surface area contributed by atoms with Gasteiger partial charge in [0.25, 0.3) is 5.91 Å². The lowest BCUT2D eigenvalue weighted by Crippen LogP contribution is -2.60. The van der Waals surface area contributed by atoms with Crippen molar-refractivity contribution in [1.29, 1.82) is 0 Å². The number of carbonyl (C=O) groups excluding carboxylic acids is 2. The molecule has 1 saturated carbocycles. The van der Waals surface area contributed by atoms with E-state index in [9.17, 15) is 9.59 Å². The summed E-state index contributed by atoms with van der Waals surface area (Å²) in [5.41, 5.74) is 1.84. The molecule has 1 aromatic rings. The lowest BCUT2D eigenvalue weighted by Gasteiger charge is -2.41. The van der Waals surface area contributed by atoms with Crippen LogP contribution in [0.2, 0.25) is 0 Å². The quantitative estimate of drug-likeness (QED) is 0.763. The number of rotatable bonds is 3. The Balaban J connectivity index is 1.11. The summed E-state index contributed by atoms with van der Waals surface area (Å²) < 4.78 is 6.10. The number of nitrogens with zero attached hydrogens (tertiary/aromatic N) is 4. The number of likely N-dealkylation sites (tertiary alicyclic amines) is 1. The number of hydrogen-bond donors (Lipinski definition) is 0. The molecule has 0 radical (unpaired) electrons. The zero-order chi connectivity index (χ0) is 20.7. The third-order valence-electron chi connectivity index (χ3n) is 7.18. The average molecular weight is 413 g/mol. The van der Waals surface area contributed by atoms with Crippen LogP contribution >= 0.6 is 0 Å². The molecule has 7 nitrogen and oxygen atoms in total. The highest BCUT2D eigenvalue weighted by Gasteiger charge is 2.36. The SMILES string of the molecule is CN1CCc2cc(OC3CN(C(=O)N4CCCN(C5CCC5)CC4)C3)ccc2C1=O. The fourth-order valence-electron chi connectivity index (χ4n) is 4.96. The highest BCUT2D eigenvalue weighted by molar-refractivity contribution is 5.96. The van der Waals surface area contributed by atoms with Gasteiger partial charge in [-0.25, -0.2) is 4.79 Å². The number of hydrogen-bond acceptors (Lipinski definition) is 4. The molecule has 3 fully saturated rings. The van der Waals surface area contributed by atoms with Gasteiger partial charge in [0, 0.05) is 51.4 Å². The Morgan fingerprint density at radius 1 is 1.00 bits per heavy atom. The predicted octanol–water partition coefficient (Wildman–Crippen LogP) is 2.06. The molecular formula is C23H32N4O3. The van der Waals surface area contributed by atoms with Crippen LogP contribution < -0.4 is 4.74 Å². The van der Waals surface area contributed by atoms with Crippen molar-refractivity contribution in [3.63, 3.8) is 0 Å². The molecule has 162 valence electrons. The number of carbonyl (C=O) groups is 2. The van der Waals surface area contributed by atoms with Gasteiger partial charge in [-0.05, 0) is 49.4 Å². The van der Waals surface area contributed by atoms with Gasteiger partial charge in [0.1, 0.15) is 11.9 Å². The smallest absolute Gasteiger partial charge is 0.320 e. The topological polar surface area (TPSA) is 56.3 Å². The number of ether oxygens (including phenoxy) is 1. The van der Waals surface area contributed by atoms with E-state index in [0.717, 1.165) is 68.5 Å². The first-order chi connectivity index (χ1) is 14.6. The fourth-order valence-corrected chi connectivity index (χ4v) is 4.96. The first-order valence-electron chi connectivity index (χ1n) is 11.4. The minimum Gasteiger partial charge on any atom is -0.487 e. The zero-order valence-corrected chi connectivity index (χ0v) is 17.9. The van der Waals surface area contributed by atoms with Crippen molar-refractivity contribution < 1.29 is 14.3 Å². The van der Waals surface area contributed by atoms with Crippen molar-refractivity contribution >= 4 is 11.9 Å². The van der Waals surface area contributed by atoms with Gasteiger partial charge in [-0.3, -0.25) is 9.69 Å². The van der Waals surface area contributed by atoms with Gasteiger partial charge in [-0.15, -0.1) is 0 Å². The van der Waals surface area contributed by atoms with Crippen LogP contribution in [-0.4, -0.2) is 96.5 Å². The number of amides is 3. The molecule has 2 saturated heterocycles. The van der Waals surface area contributed by atoms with E-state index < -0.39 is 0 Å². The Hall–Kier alpha value is -2.28. The van der Waals surface area contributed by atoms with Crippen molar-refractivity contribution in [2.45, 2.75) is 44.2 Å². The van der Waals surface area contributed by atoms with E-state index in [2.05, 4.69) is 4.90 Å². The zero-order valence-electron chi connectivity index (χ0n) is 17.9. The third kappa shape index (κ3) is 3.75. The van der Waals surface area contributed by atoms with Crippen LogP contribution in [0, 0.1) is 0 Å². The van der Waals surface area contributed by atoms with Gasteiger partial charge in [-0.2, -0.15) is 0 Å². The van der Waals surface area contributed by atoms with Crippen LogP contribution in [0.25, 0.3) is 0 Å². The molecule has 0 spiro atoms. The molecule has 3 aliphatic heterocycles. The van der Waals surface area contributed by atoms with Crippen LogP contribution in [-0.2, 0) is 6.42 Å². The molecule has 3 amide bonds. The second kappa shape index (κ2) is 8.10. The van der Waals surface area contributed by atoms with E-state index in [0.29, 0.717) is 13.1 Å². The number of urea groups is 1. The van der Waals surface area contributed by atoms with Gasteiger partial charge in [-0.1, -0.05) is 6.42 Å². The Bertz CT molecular complexity index is 819. The number of fused-ring (bicyclic) bond motifs is 1. The highest BCUT2D eigenvalue weighted by Crippen LogP contribution is 2.27. The molecule has 0 aromatic heterocycles. The van der Waals surface area contributed by atoms with Crippen molar-refractivity contribution in [3.8, 4) is 5.75 Å². The van der Waals surface area contributed by atoms with Crippen molar-refractivity contribution in [3.05, 3.63) is 29.3 Å². The lowest BCUT2D eigenvalue weighted by molar-refractivity contribution is 0.0308. The monoisotopic (exact) mass is 412 g/mol. The number of likely N-dealkylation sites (N-methyl/N-ethyl adjacent to an activating group) is 1. The standard InChI is InChI=1S/C23H32N4O3/c1-24-11-8-17-14-19(6-7-21(17)22(24)28)30-20-15-27(16-20)23(29)26-10-3-9-25(12-13-26)18-4-2-5-18/h6-7,14,18,20H,2-5,8-13,15-16H2,1H3. The number of benzene rings is 1. The molecule has 7 heteroatoms. The first kappa shape index (κ1) is 19.7. The molecule has 0 N–H and O–H groups in total. The Morgan fingerprint density at radius 3 is 2.60 bits per heavy atom. The molecule has 0 bridgehead atoms. The summed E-state index contributed by atoms with van der Waals surface area (Å²) in [7, 11) is 1.84. The Morgan fingerprint density at radius 2 is 1.83 bits per heavy atom. The van der Waals surface area contributed by atoms with Crippen LogP contribution in [0.4, 0.5) is 4.79 Å². The van der Waals surface area contributed by atoms with Crippen molar-refractivity contribution in [2.75, 3.05) is 52.9 Å². The minimum absolute atomic E-state index is 0.0346. The van der Waals surface area contributed by atoms with E-state index in [1.165, 1.54) is 19.3 Å². The van der Waals surface area contributed by atoms with Gasteiger partial charge in [0.05, 0.1) is 13.1 Å². The van der Waals surface area contributed by atoms with Crippen LogP contribution in [0.15, 0.2) is 18.2 Å². The third-order valence-corrected chi connectivity index (χ3v) is 7.18. The summed E-state index contributed by atoms with van der Waals surface area (Å²) in [5.74, 6) is 0.880. The highest BCUT2D eigenvalue weighted by atomic mass is 16.5. The second-order valence-electron chi connectivity index (χ2n) is 9.18. The van der Waals surface area contributed by atoms with E-state index in [1.54, 1.807) is 4.90 Å². The van der Waals surface area contributed by atoms with Gasteiger partial charge in [0.2, 0.25) is 0 Å². The summed E-state index contributed by atoms with van der Waals surface area (Å²) in [6, 6.07) is 6.66. The van der Waals surface area contributed by atoms with Gasteiger partial charge in [0.15, 0.2) is 0 Å². The predicted molar refractivity (Wildman–Crippen MR) is 114 cm³/mol. The second-order valence-corrected chi connectivity index (χ2v) is 9.18. The molecule has 1 aromatic carbocycles. The molecule has 0 unspecified atom stereocenters. The summed E-state index contributed by atoms with van der Waals surface area (Å²) in [6.07, 6.45) is 5.97. The van der Waals surface area contributed by atoms with Crippen molar-refractivity contribution in [2.24, 2.45) is 0 Å². The lowest BCUT2D eigenvalue weighted by atomic mass is 9.91. The largest absolute Gasteiger partial charge is 0.487 e. The molecule has 3 heterocycles. The Kier molecular flexibility index (Phi) is 5.31. The molecule has 5 rings (SSSR count). The Labute approximate surface area is 178 Å². The van der Waals surface area contributed by atoms with E-state index >= 15 is 0 Å². The fraction of sp³-hybridized carbons (Fsp3) is 0.652. The van der Waals surface area contributed by atoms with Crippen LogP contribution in [0.3, 0.4) is 0 Å². The maximum absolute atomic E-state index is 12.9. The molecule has 0 atom stereocenters. The first-order valence-corrected chi connectivity index (χ1v) is 11.4. The van der Waals surface area contributed by atoms with E-state index in [1.807, 2.05) is 35.0 Å². The minimum atomic E-state index is 0.0346. The summed E-state index contributed by atoms with van der Waals surface area (Å²) in [6.45, 7) is 5.85. The molecular weight excluding hydrogens is 380 g/mol. The van der Waals surface area contributed by atoms with Crippen molar-refractivity contribution in [1.82, 2.24) is 19.6 Å². The van der Waals surface area contributed by atoms with Crippen LogP contribution in [0.5, 0.6) is 5.75 Å². The maximum Gasteiger partial charge on any atom is 0.320 e. The average Bonchev–Trinajstić information content (AvgIpc) is 2.92. The van der Waals surface area contributed by atoms with Crippen LogP contribution in [0.1, 0.15) is 41.6 Å². The summed E-state index contributed by atoms with van der Waals surface area (Å²) in [5, 5.41) is 0. The van der Waals surface area contributed by atoms with Gasteiger partial charge >= 0.3 is 6.03 Å². The van der Waals surface area contributed by atoms with E-state index in [4.69, 9.17) is 4.74 Å². The molecule has 1 aliphatic carbocycles.